The van der Waals surface area contributed by atoms with Crippen LogP contribution in [-0.2, 0) is 20.9 Å². The number of phenolic OH excluding ortho intramolecular Hbond substituents is 1. The zero-order valence-electron chi connectivity index (χ0n) is 27.7. The van der Waals surface area contributed by atoms with Crippen LogP contribution < -0.4 is 0 Å². The average molecular weight is 611 g/mol. The van der Waals surface area contributed by atoms with Gasteiger partial charge >= 0.3 is 0 Å². The minimum Gasteiger partial charge on any atom is -0.507 e. The van der Waals surface area contributed by atoms with Gasteiger partial charge in [-0.2, -0.15) is 0 Å². The van der Waals surface area contributed by atoms with E-state index >= 15 is 0 Å². The maximum absolute atomic E-state index is 14.1. The number of hydrogen-bond donors (Lipinski definition) is 1. The molecule has 1 N–H and O–H groups in total. The highest BCUT2D eigenvalue weighted by molar-refractivity contribution is 6.06. The summed E-state index contributed by atoms with van der Waals surface area (Å²) < 4.78 is 6.52. The third-order valence-electron chi connectivity index (χ3n) is 10.9. The molecule has 0 radical (unpaired) electrons. The maximum Gasteiger partial charge on any atom is 0.234 e. The van der Waals surface area contributed by atoms with E-state index in [9.17, 15) is 14.7 Å². The van der Waals surface area contributed by atoms with Crippen LogP contribution in [0.4, 0.5) is 0 Å². The van der Waals surface area contributed by atoms with Gasteiger partial charge in [0.15, 0.2) is 0 Å². The minimum absolute atomic E-state index is 0.00206. The predicted octanol–water partition coefficient (Wildman–Crippen LogP) is 7.22. The summed E-state index contributed by atoms with van der Waals surface area (Å²) in [6, 6.07) is 14.6. The van der Waals surface area contributed by atoms with Crippen LogP contribution >= 0.6 is 0 Å². The van der Waals surface area contributed by atoms with Crippen LogP contribution in [0.25, 0.3) is 6.08 Å². The molecule has 6 nitrogen and oxygen atoms in total. The Morgan fingerprint density at radius 2 is 1.71 bits per heavy atom. The van der Waals surface area contributed by atoms with Crippen molar-refractivity contribution in [2.24, 2.45) is 23.7 Å². The number of rotatable bonds is 9. The van der Waals surface area contributed by atoms with Crippen LogP contribution in [0.5, 0.6) is 5.75 Å². The van der Waals surface area contributed by atoms with E-state index in [1.165, 1.54) is 22.3 Å². The number of amides is 2. The first kappa shape index (κ1) is 31.7. The van der Waals surface area contributed by atoms with Crippen LogP contribution in [-0.4, -0.2) is 58.6 Å². The number of phenols is 1. The van der Waals surface area contributed by atoms with Crippen molar-refractivity contribution in [3.05, 3.63) is 81.4 Å². The van der Waals surface area contributed by atoms with Crippen molar-refractivity contribution in [2.45, 2.75) is 91.8 Å². The smallest absolute Gasteiger partial charge is 0.234 e. The third-order valence-corrected chi connectivity index (χ3v) is 10.9. The van der Waals surface area contributed by atoms with Crippen molar-refractivity contribution >= 4 is 17.9 Å². The zero-order chi connectivity index (χ0) is 31.8. The first-order valence-electron chi connectivity index (χ1n) is 17.1. The van der Waals surface area contributed by atoms with E-state index in [0.717, 1.165) is 68.4 Å². The summed E-state index contributed by atoms with van der Waals surface area (Å²) in [6.45, 7) is 13.8. The van der Waals surface area contributed by atoms with Gasteiger partial charge in [-0.15, -0.1) is 0 Å². The lowest BCUT2D eigenvalue weighted by Crippen LogP contribution is -2.47. The topological polar surface area (TPSA) is 70.1 Å². The molecule has 240 valence electrons. The Labute approximate surface area is 269 Å². The Hall–Kier alpha value is -3.22. The van der Waals surface area contributed by atoms with Gasteiger partial charge in [0.25, 0.3) is 0 Å². The minimum atomic E-state index is -0.286. The molecule has 3 aliphatic heterocycles. The van der Waals surface area contributed by atoms with Gasteiger partial charge < -0.3 is 9.84 Å². The number of imide groups is 1. The molecule has 3 heterocycles. The number of likely N-dealkylation sites (tertiary alicyclic amines) is 2. The quantitative estimate of drug-likeness (QED) is 0.240. The van der Waals surface area contributed by atoms with Gasteiger partial charge in [0, 0.05) is 31.6 Å². The first-order valence-corrected chi connectivity index (χ1v) is 17.1. The Kier molecular flexibility index (Phi) is 9.35. The van der Waals surface area contributed by atoms with Gasteiger partial charge in [-0.05, 0) is 98.2 Å². The number of carbonyl (C=O) groups is 2. The number of aromatic hydroxyl groups is 1. The molecule has 2 amide bonds. The van der Waals surface area contributed by atoms with Gasteiger partial charge in [-0.3, -0.25) is 19.4 Å². The molecule has 6 heteroatoms. The van der Waals surface area contributed by atoms with Gasteiger partial charge in [-0.25, -0.2) is 0 Å². The third kappa shape index (κ3) is 6.29. The van der Waals surface area contributed by atoms with E-state index in [4.69, 9.17) is 4.74 Å². The number of nitrogens with zero attached hydrogens (tertiary/aromatic N) is 2. The molecule has 1 aliphatic carbocycles. The van der Waals surface area contributed by atoms with Crippen molar-refractivity contribution in [3.8, 4) is 5.75 Å². The first-order chi connectivity index (χ1) is 21.7. The highest BCUT2D eigenvalue weighted by Gasteiger charge is 2.58. The number of piperidine rings is 1. The van der Waals surface area contributed by atoms with E-state index in [1.54, 1.807) is 4.90 Å². The number of carbonyl (C=O) groups excluding carboxylic acids is 2. The van der Waals surface area contributed by atoms with Gasteiger partial charge in [0.05, 0.1) is 24.5 Å². The zero-order valence-corrected chi connectivity index (χ0v) is 27.7. The molecule has 6 rings (SSSR count). The summed E-state index contributed by atoms with van der Waals surface area (Å²) >= 11 is 0. The summed E-state index contributed by atoms with van der Waals surface area (Å²) in [5.74, 6) is 0.256. The number of allylic oxidation sites excluding steroid dienone is 2. The summed E-state index contributed by atoms with van der Waals surface area (Å²) in [6.07, 6.45) is 7.35. The van der Waals surface area contributed by atoms with Crippen molar-refractivity contribution in [1.82, 2.24) is 9.80 Å². The molecule has 4 aliphatic rings. The standard InChI is InChI=1S/C39H50N2O4/c1-6-27(20-29-18-25(4)37(42)26(5)19-29)12-13-34-35-31(24(2)3)21-32-36(33(35)23-45-34)39(44)41(38(32)43)30-14-16-40(17-15-30)22-28-10-8-7-9-11-28/h7-11,18-20,24,30,32-34,36,42H,6,12-17,21-23H2,1-5H3/b27-20+/t32-,33+,34-,36-/m1/s1. The Balaban J connectivity index is 1.15. The van der Waals surface area contributed by atoms with E-state index < -0.39 is 0 Å². The molecule has 0 spiro atoms. The second-order valence-corrected chi connectivity index (χ2v) is 14.1. The number of hydrogen-bond acceptors (Lipinski definition) is 5. The molecular weight excluding hydrogens is 560 g/mol. The average Bonchev–Trinajstić information content (AvgIpc) is 3.56. The van der Waals surface area contributed by atoms with Crippen molar-refractivity contribution in [3.63, 3.8) is 0 Å². The Bertz CT molecular complexity index is 1460. The van der Waals surface area contributed by atoms with E-state index in [2.05, 4.69) is 56.0 Å². The number of aryl methyl sites for hydroxylation is 2. The van der Waals surface area contributed by atoms with Crippen LogP contribution in [0.1, 0.15) is 81.5 Å². The van der Waals surface area contributed by atoms with Crippen molar-refractivity contribution in [2.75, 3.05) is 19.7 Å². The molecule has 0 bridgehead atoms. The maximum atomic E-state index is 14.1. The fourth-order valence-corrected chi connectivity index (χ4v) is 8.50. The van der Waals surface area contributed by atoms with E-state index in [0.29, 0.717) is 24.7 Å². The normalized spacial score (nSPS) is 26.3. The molecule has 2 aromatic rings. The van der Waals surface area contributed by atoms with E-state index in [-0.39, 0.29) is 41.7 Å². The molecule has 0 aromatic heterocycles. The monoisotopic (exact) mass is 610 g/mol. The number of ether oxygens (including phenoxy) is 1. The molecule has 0 saturated carbocycles. The van der Waals surface area contributed by atoms with Crippen LogP contribution in [0, 0.1) is 37.5 Å². The lowest BCUT2D eigenvalue weighted by Gasteiger charge is -2.36. The van der Waals surface area contributed by atoms with Crippen molar-refractivity contribution in [1.29, 1.82) is 0 Å². The molecule has 4 atom stereocenters. The summed E-state index contributed by atoms with van der Waals surface area (Å²) in [5, 5.41) is 10.2. The van der Waals surface area contributed by atoms with Gasteiger partial charge in [0.2, 0.25) is 11.8 Å². The Morgan fingerprint density at radius 1 is 1.02 bits per heavy atom. The van der Waals surface area contributed by atoms with Crippen LogP contribution in [0.2, 0.25) is 0 Å². The second-order valence-electron chi connectivity index (χ2n) is 14.1. The highest BCUT2D eigenvalue weighted by Crippen LogP contribution is 2.52. The summed E-state index contributed by atoms with van der Waals surface area (Å²) in [4.78, 5) is 32.2. The largest absolute Gasteiger partial charge is 0.507 e. The van der Waals surface area contributed by atoms with Crippen molar-refractivity contribution < 1.29 is 19.4 Å². The highest BCUT2D eigenvalue weighted by atomic mass is 16.5. The summed E-state index contributed by atoms with van der Waals surface area (Å²) in [7, 11) is 0. The van der Waals surface area contributed by atoms with Gasteiger partial charge in [-0.1, -0.05) is 68.3 Å². The lowest BCUT2D eigenvalue weighted by atomic mass is 9.67. The molecule has 3 saturated heterocycles. The molecule has 45 heavy (non-hydrogen) atoms. The molecule has 3 fully saturated rings. The van der Waals surface area contributed by atoms with Crippen LogP contribution in [0.3, 0.4) is 0 Å². The number of benzene rings is 2. The Morgan fingerprint density at radius 3 is 2.36 bits per heavy atom. The van der Waals surface area contributed by atoms with Crippen LogP contribution in [0.15, 0.2) is 59.2 Å². The predicted molar refractivity (Wildman–Crippen MR) is 178 cm³/mol. The summed E-state index contributed by atoms with van der Waals surface area (Å²) in [5.41, 5.74) is 8.22. The van der Waals surface area contributed by atoms with E-state index in [1.807, 2.05) is 32.0 Å². The fourth-order valence-electron chi connectivity index (χ4n) is 8.50. The molecule has 2 aromatic carbocycles. The second kappa shape index (κ2) is 13.3. The SMILES string of the molecule is CC/C(=C\c1cc(C)c(O)c(C)c1)CC[C@H]1OC[C@H]2C1=C(C(C)C)C[C@H]1C(=O)N(C3CCN(Cc4ccccc4)CC3)C(=O)[C@H]12. The molecular formula is C39H50N2O4. The fraction of sp³-hybridized carbons (Fsp3) is 0.538. The molecule has 0 unspecified atom stereocenters. The van der Waals surface area contributed by atoms with Gasteiger partial charge in [0.1, 0.15) is 5.75 Å². The number of fused-ring (bicyclic) bond motifs is 3. The lowest BCUT2D eigenvalue weighted by molar-refractivity contribution is -0.144.